The van der Waals surface area contributed by atoms with Gasteiger partial charge in [0.15, 0.2) is 0 Å². The first-order valence-corrected chi connectivity index (χ1v) is 15.3. The molecule has 1 aromatic rings. The normalized spacial score (nSPS) is 28.9. The lowest BCUT2D eigenvalue weighted by Crippen LogP contribution is -2.61. The van der Waals surface area contributed by atoms with E-state index in [1.807, 2.05) is 44.2 Å². The van der Waals surface area contributed by atoms with E-state index >= 15 is 0 Å². The average molecular weight is 631 g/mol. The second-order valence-corrected chi connectivity index (χ2v) is 14.5. The molecule has 1 aromatic carbocycles. The fourth-order valence-electron chi connectivity index (χ4n) is 7.58. The number of nitrogens with zero attached hydrogens (tertiary/aromatic N) is 3. The second kappa shape index (κ2) is 11.7. The first-order valence-electron chi connectivity index (χ1n) is 14.4. The largest absolute Gasteiger partial charge is 0.395 e. The number of halogens is 1. The number of hydrogen-bond acceptors (Lipinski definition) is 5. The van der Waals surface area contributed by atoms with Crippen LogP contribution in [0.5, 0.6) is 0 Å². The van der Waals surface area contributed by atoms with Crippen LogP contribution in [0.3, 0.4) is 0 Å². The fourth-order valence-corrected chi connectivity index (χ4v) is 8.53. The lowest BCUT2D eigenvalue weighted by Gasteiger charge is -2.45. The minimum atomic E-state index is -1.20. The van der Waals surface area contributed by atoms with Crippen LogP contribution in [0.25, 0.3) is 0 Å². The molecule has 4 rings (SSSR count). The minimum absolute atomic E-state index is 0.0218. The van der Waals surface area contributed by atoms with Crippen LogP contribution in [0.1, 0.15) is 47.5 Å². The first kappa shape index (κ1) is 31.4. The number of β-amino-alcohol motifs (C(OH)–C–C–N with tert-alkyl or cyclic N) is 1. The van der Waals surface area contributed by atoms with Gasteiger partial charge in [0, 0.05) is 35.7 Å². The highest BCUT2D eigenvalue weighted by Gasteiger charge is 2.77. The maximum absolute atomic E-state index is 14.7. The van der Waals surface area contributed by atoms with E-state index in [4.69, 9.17) is 4.74 Å². The van der Waals surface area contributed by atoms with Gasteiger partial charge in [-0.25, -0.2) is 0 Å². The van der Waals surface area contributed by atoms with Crippen LogP contribution < -0.4 is 4.90 Å². The molecule has 0 saturated carbocycles. The molecule has 3 aliphatic rings. The minimum Gasteiger partial charge on any atom is -0.395 e. The Balaban J connectivity index is 1.79. The number of carbonyl (C=O) groups excluding carboxylic acids is 3. The summed E-state index contributed by atoms with van der Waals surface area (Å²) in [5.41, 5.74) is -1.12. The summed E-state index contributed by atoms with van der Waals surface area (Å²) < 4.78 is 6.68. The molecule has 41 heavy (non-hydrogen) atoms. The van der Waals surface area contributed by atoms with Crippen molar-refractivity contribution in [2.75, 3.05) is 31.1 Å². The van der Waals surface area contributed by atoms with Gasteiger partial charge in [0.2, 0.25) is 17.7 Å². The van der Waals surface area contributed by atoms with E-state index in [0.29, 0.717) is 18.7 Å². The summed E-state index contributed by atoms with van der Waals surface area (Å²) in [6, 6.07) is 8.32. The average Bonchev–Trinajstić information content (AvgIpc) is 3.48. The standard InChI is InChI=1S/C32H44BrN3O5/c1-8-15-34(21-13-11-10-12-14-21)27(38)23-24-28(39)35(17-18-37)26(32(24)19-22(33)25(23)41-32)29(40)36(16-9-2)31(6,7)20-30(3,4)5/h8-14,22-26,37H,1-2,15-20H2,3-7H3/t22?,23-,24-,25-,26?,32?/m0/s1. The van der Waals surface area contributed by atoms with Crippen LogP contribution in [0, 0.1) is 17.3 Å². The Hall–Kier alpha value is -2.49. The summed E-state index contributed by atoms with van der Waals surface area (Å²) in [6.07, 6.45) is 3.91. The summed E-state index contributed by atoms with van der Waals surface area (Å²) in [4.78, 5) is 47.8. The zero-order valence-electron chi connectivity index (χ0n) is 24.9. The predicted octanol–water partition coefficient (Wildman–Crippen LogP) is 4.18. The van der Waals surface area contributed by atoms with Gasteiger partial charge >= 0.3 is 0 Å². The van der Waals surface area contributed by atoms with Gasteiger partial charge in [0.25, 0.3) is 0 Å². The Bertz CT molecular complexity index is 1180. The highest BCUT2D eigenvalue weighted by atomic mass is 79.9. The molecule has 3 fully saturated rings. The van der Waals surface area contributed by atoms with E-state index < -0.39 is 35.1 Å². The van der Waals surface area contributed by atoms with Crippen molar-refractivity contribution in [2.24, 2.45) is 17.3 Å². The maximum Gasteiger partial charge on any atom is 0.249 e. The number of rotatable bonds is 11. The van der Waals surface area contributed by atoms with Crippen molar-refractivity contribution in [3.63, 3.8) is 0 Å². The molecule has 3 aliphatic heterocycles. The monoisotopic (exact) mass is 629 g/mol. The highest BCUT2D eigenvalue weighted by Crippen LogP contribution is 2.60. The van der Waals surface area contributed by atoms with Gasteiger partial charge in [0.1, 0.15) is 11.6 Å². The van der Waals surface area contributed by atoms with Gasteiger partial charge in [-0.15, -0.1) is 13.2 Å². The summed E-state index contributed by atoms with van der Waals surface area (Å²) in [5.74, 6) is -2.45. The molecule has 0 aliphatic carbocycles. The van der Waals surface area contributed by atoms with Crippen LogP contribution in [0.2, 0.25) is 0 Å². The quantitative estimate of drug-likeness (QED) is 0.293. The van der Waals surface area contributed by atoms with Crippen LogP contribution in [0.4, 0.5) is 5.69 Å². The molecule has 3 unspecified atom stereocenters. The zero-order chi connectivity index (χ0) is 30.3. The van der Waals surface area contributed by atoms with Gasteiger partial charge in [0.05, 0.1) is 24.5 Å². The molecule has 3 saturated heterocycles. The third-order valence-electron chi connectivity index (χ3n) is 8.57. The van der Waals surface area contributed by atoms with E-state index in [1.54, 1.807) is 22.0 Å². The zero-order valence-corrected chi connectivity index (χ0v) is 26.5. The molecule has 8 nitrogen and oxygen atoms in total. The Morgan fingerprint density at radius 2 is 1.76 bits per heavy atom. The topological polar surface area (TPSA) is 90.4 Å². The van der Waals surface area contributed by atoms with Crippen LogP contribution in [0.15, 0.2) is 55.6 Å². The van der Waals surface area contributed by atoms with Crippen LogP contribution in [-0.4, -0.2) is 87.0 Å². The molecule has 9 heteroatoms. The van der Waals surface area contributed by atoms with E-state index in [0.717, 1.165) is 6.42 Å². The van der Waals surface area contributed by atoms with Gasteiger partial charge in [-0.1, -0.05) is 67.1 Å². The number of aliphatic hydroxyl groups is 1. The number of para-hydroxylation sites is 1. The molecular weight excluding hydrogens is 586 g/mol. The van der Waals surface area contributed by atoms with E-state index in [1.165, 1.54) is 4.90 Å². The number of benzene rings is 1. The molecule has 0 radical (unpaired) electrons. The molecular formula is C32H44BrN3O5. The maximum atomic E-state index is 14.7. The Kier molecular flexibility index (Phi) is 8.94. The third kappa shape index (κ3) is 5.53. The van der Waals surface area contributed by atoms with E-state index in [9.17, 15) is 19.5 Å². The third-order valence-corrected chi connectivity index (χ3v) is 9.41. The first-order chi connectivity index (χ1) is 19.2. The van der Waals surface area contributed by atoms with E-state index in [-0.39, 0.29) is 47.7 Å². The molecule has 224 valence electrons. The van der Waals surface area contributed by atoms with Crippen LogP contribution >= 0.6 is 15.9 Å². The number of hydrogen-bond donors (Lipinski definition) is 1. The van der Waals surface area contributed by atoms with Crippen molar-refractivity contribution in [3.05, 3.63) is 55.6 Å². The molecule has 3 heterocycles. The molecule has 1 spiro atoms. The Morgan fingerprint density at radius 1 is 1.12 bits per heavy atom. The molecule has 3 amide bonds. The van der Waals surface area contributed by atoms with Crippen molar-refractivity contribution in [3.8, 4) is 0 Å². The van der Waals surface area contributed by atoms with Crippen LogP contribution in [-0.2, 0) is 19.1 Å². The van der Waals surface area contributed by atoms with Crippen molar-refractivity contribution < 1.29 is 24.2 Å². The van der Waals surface area contributed by atoms with Crippen molar-refractivity contribution in [1.82, 2.24) is 9.80 Å². The number of anilines is 1. The predicted molar refractivity (Wildman–Crippen MR) is 164 cm³/mol. The fraction of sp³-hybridized carbons (Fsp3) is 0.594. The number of fused-ring (bicyclic) bond motifs is 1. The van der Waals surface area contributed by atoms with Crippen molar-refractivity contribution >= 4 is 39.3 Å². The Labute approximate surface area is 252 Å². The molecule has 2 bridgehead atoms. The Morgan fingerprint density at radius 3 is 2.32 bits per heavy atom. The molecule has 6 atom stereocenters. The molecule has 0 aromatic heterocycles. The number of amides is 3. The molecule has 1 N–H and O–H groups in total. The second-order valence-electron chi connectivity index (χ2n) is 13.3. The summed E-state index contributed by atoms with van der Waals surface area (Å²) in [7, 11) is 0. The van der Waals surface area contributed by atoms with Gasteiger partial charge in [-0.2, -0.15) is 0 Å². The summed E-state index contributed by atoms with van der Waals surface area (Å²) in [5, 5.41) is 9.99. The van der Waals surface area contributed by atoms with Gasteiger partial charge in [-0.3, -0.25) is 14.4 Å². The number of aliphatic hydroxyl groups excluding tert-OH is 1. The van der Waals surface area contributed by atoms with Gasteiger partial charge in [-0.05, 0) is 44.2 Å². The number of likely N-dealkylation sites (tertiary alicyclic amines) is 1. The van der Waals surface area contributed by atoms with Crippen molar-refractivity contribution in [1.29, 1.82) is 0 Å². The SMILES string of the molecule is C=CCN(C(=O)[C@H]1[C@H]2C(=O)N(CCO)C(C(=O)N(CC=C)C(C)(C)CC(C)(C)C)C23CC(Br)[C@@H]1O3)c1ccccc1. The van der Waals surface area contributed by atoms with Crippen molar-refractivity contribution in [2.45, 2.75) is 75.6 Å². The highest BCUT2D eigenvalue weighted by molar-refractivity contribution is 9.09. The number of ether oxygens (including phenoxy) is 1. The summed E-state index contributed by atoms with van der Waals surface area (Å²) >= 11 is 3.75. The lowest BCUT2D eigenvalue weighted by atomic mass is 9.70. The lowest BCUT2D eigenvalue weighted by molar-refractivity contribution is -0.153. The number of carbonyl (C=O) groups is 3. The van der Waals surface area contributed by atoms with E-state index in [2.05, 4.69) is 49.9 Å². The van der Waals surface area contributed by atoms with Gasteiger partial charge < -0.3 is 24.5 Å². The smallest absolute Gasteiger partial charge is 0.249 e. The number of alkyl halides is 1. The summed E-state index contributed by atoms with van der Waals surface area (Å²) in [6.45, 7) is 18.4.